The van der Waals surface area contributed by atoms with Crippen molar-refractivity contribution in [3.63, 3.8) is 0 Å². The van der Waals surface area contributed by atoms with E-state index in [1.165, 1.54) is 7.11 Å². The van der Waals surface area contributed by atoms with Gasteiger partial charge in [-0.05, 0) is 35.3 Å². The van der Waals surface area contributed by atoms with E-state index in [1.807, 2.05) is 6.92 Å². The van der Waals surface area contributed by atoms with Crippen molar-refractivity contribution in [1.29, 1.82) is 0 Å². The molecule has 1 rings (SSSR count). The normalized spacial score (nSPS) is 11.4. The van der Waals surface area contributed by atoms with Crippen LogP contribution in [-0.4, -0.2) is 17.6 Å². The Balaban J connectivity index is 3.02. The van der Waals surface area contributed by atoms with Gasteiger partial charge in [-0.15, -0.1) is 0 Å². The summed E-state index contributed by atoms with van der Waals surface area (Å²) in [5.74, 6) is -0.350. The number of esters is 1. The number of carbonyl (C=O) groups is 1. The number of aryl methyl sites for hydroxylation is 1. The van der Waals surface area contributed by atoms with E-state index < -0.39 is 0 Å². The summed E-state index contributed by atoms with van der Waals surface area (Å²) in [5, 5.41) is 0. The highest BCUT2D eigenvalue weighted by molar-refractivity contribution is 9.10. The molecule has 1 heterocycles. The lowest BCUT2D eigenvalue weighted by atomic mass is 10.2. The lowest BCUT2D eigenvalue weighted by Crippen LogP contribution is -2.21. The van der Waals surface area contributed by atoms with Gasteiger partial charge in [0.05, 0.1) is 7.11 Å². The number of nitrogens with zero attached hydrogens (tertiary/aromatic N) is 1. The number of allylic oxidation sites excluding steroid dienone is 1. The molecule has 0 N–H and O–H groups in total. The van der Waals surface area contributed by atoms with Crippen molar-refractivity contribution in [3.05, 3.63) is 44.3 Å². The van der Waals surface area contributed by atoms with Crippen LogP contribution in [0.25, 0.3) is 0 Å². The molecule has 0 atom stereocenters. The van der Waals surface area contributed by atoms with Gasteiger partial charge >= 0.3 is 5.97 Å². The van der Waals surface area contributed by atoms with Crippen molar-refractivity contribution in [2.75, 3.05) is 7.11 Å². The smallest absolute Gasteiger partial charge is 0.333 e. The van der Waals surface area contributed by atoms with E-state index in [0.29, 0.717) is 24.1 Å². The van der Waals surface area contributed by atoms with E-state index in [-0.39, 0.29) is 11.5 Å². The summed E-state index contributed by atoms with van der Waals surface area (Å²) in [6.45, 7) is 3.99. The molecule has 18 heavy (non-hydrogen) atoms. The predicted octanol–water partition coefficient (Wildman–Crippen LogP) is 2.43. The van der Waals surface area contributed by atoms with Gasteiger partial charge in [0.15, 0.2) is 0 Å². The van der Waals surface area contributed by atoms with Crippen LogP contribution in [0.5, 0.6) is 0 Å². The third-order valence-corrected chi connectivity index (χ3v) is 3.03. The molecule has 0 aliphatic heterocycles. The molecule has 0 fully saturated rings. The largest absolute Gasteiger partial charge is 0.466 e. The molecule has 0 bridgehead atoms. The Bertz CT molecular complexity index is 532. The third kappa shape index (κ3) is 3.57. The van der Waals surface area contributed by atoms with Gasteiger partial charge < -0.3 is 9.30 Å². The van der Waals surface area contributed by atoms with E-state index >= 15 is 0 Å². The Morgan fingerprint density at radius 2 is 2.22 bits per heavy atom. The molecule has 0 amide bonds. The lowest BCUT2D eigenvalue weighted by Gasteiger charge is -2.06. The second-order valence-corrected chi connectivity index (χ2v) is 4.79. The molecule has 0 spiro atoms. The first-order chi connectivity index (χ1) is 8.49. The summed E-state index contributed by atoms with van der Waals surface area (Å²) in [7, 11) is 1.35. The molecule has 0 unspecified atom stereocenters. The highest BCUT2D eigenvalue weighted by Gasteiger charge is 2.07. The third-order valence-electron chi connectivity index (χ3n) is 2.59. The molecule has 4 nitrogen and oxygen atoms in total. The maximum atomic E-state index is 11.9. The molecule has 0 aliphatic rings. The number of halogens is 1. The first kappa shape index (κ1) is 14.7. The number of hydrogen-bond acceptors (Lipinski definition) is 3. The van der Waals surface area contributed by atoms with Crippen LogP contribution in [0.3, 0.4) is 0 Å². The number of methoxy groups -OCH3 is 1. The average molecular weight is 314 g/mol. The van der Waals surface area contributed by atoms with Crippen molar-refractivity contribution in [2.24, 2.45) is 0 Å². The zero-order chi connectivity index (χ0) is 13.7. The maximum absolute atomic E-state index is 11.9. The van der Waals surface area contributed by atoms with Crippen molar-refractivity contribution < 1.29 is 9.53 Å². The highest BCUT2D eigenvalue weighted by Crippen LogP contribution is 2.09. The number of aromatic nitrogens is 1. The number of carbonyl (C=O) groups excluding carboxylic acids is 1. The summed E-state index contributed by atoms with van der Waals surface area (Å²) in [6, 6.07) is 1.77. The minimum Gasteiger partial charge on any atom is -0.466 e. The van der Waals surface area contributed by atoms with Gasteiger partial charge in [0.1, 0.15) is 0 Å². The van der Waals surface area contributed by atoms with Gasteiger partial charge in [-0.2, -0.15) is 0 Å². The Hall–Kier alpha value is -1.36. The first-order valence-electron chi connectivity index (χ1n) is 5.63. The fourth-order valence-corrected chi connectivity index (χ4v) is 2.18. The second kappa shape index (κ2) is 6.54. The average Bonchev–Trinajstić information content (AvgIpc) is 2.35. The quantitative estimate of drug-likeness (QED) is 0.633. The van der Waals surface area contributed by atoms with E-state index in [4.69, 9.17) is 0 Å². The van der Waals surface area contributed by atoms with Crippen LogP contribution in [0, 0.1) is 6.92 Å². The van der Waals surface area contributed by atoms with Gasteiger partial charge in [0, 0.05) is 28.4 Å². The van der Waals surface area contributed by atoms with Crippen LogP contribution in [0.4, 0.5) is 0 Å². The zero-order valence-corrected chi connectivity index (χ0v) is 12.3. The van der Waals surface area contributed by atoms with Gasteiger partial charge in [-0.25, -0.2) is 4.79 Å². The van der Waals surface area contributed by atoms with Gasteiger partial charge in [-0.3, -0.25) is 4.79 Å². The predicted molar refractivity (Wildman–Crippen MR) is 73.5 cm³/mol. The van der Waals surface area contributed by atoms with E-state index in [0.717, 1.165) is 4.47 Å². The molecular formula is C13H16BrNO3. The topological polar surface area (TPSA) is 48.3 Å². The van der Waals surface area contributed by atoms with Gasteiger partial charge in [0.2, 0.25) is 0 Å². The fraction of sp³-hybridized carbons (Fsp3) is 0.385. The van der Waals surface area contributed by atoms with Crippen molar-refractivity contribution in [1.82, 2.24) is 4.57 Å². The SMILES string of the molecule is CC/C(=C/Cn1cc(Br)cc(C)c1=O)C(=O)OC. The van der Waals surface area contributed by atoms with E-state index in [9.17, 15) is 9.59 Å². The number of hydrogen-bond donors (Lipinski definition) is 0. The first-order valence-corrected chi connectivity index (χ1v) is 6.42. The Kier molecular flexibility index (Phi) is 5.34. The Morgan fingerprint density at radius 1 is 1.56 bits per heavy atom. The maximum Gasteiger partial charge on any atom is 0.333 e. The fourth-order valence-electron chi connectivity index (χ4n) is 1.59. The summed E-state index contributed by atoms with van der Waals surface area (Å²) < 4.78 is 7.06. The van der Waals surface area contributed by atoms with E-state index in [2.05, 4.69) is 20.7 Å². The summed E-state index contributed by atoms with van der Waals surface area (Å²) in [6.07, 6.45) is 4.00. The molecule has 5 heteroatoms. The van der Waals surface area contributed by atoms with Crippen LogP contribution >= 0.6 is 15.9 Å². The van der Waals surface area contributed by atoms with Gasteiger partial charge in [0.25, 0.3) is 5.56 Å². The minimum absolute atomic E-state index is 0.0604. The van der Waals surface area contributed by atoms with Gasteiger partial charge in [-0.1, -0.05) is 13.0 Å². The Morgan fingerprint density at radius 3 is 2.78 bits per heavy atom. The highest BCUT2D eigenvalue weighted by atomic mass is 79.9. The summed E-state index contributed by atoms with van der Waals surface area (Å²) >= 11 is 3.34. The molecule has 0 radical (unpaired) electrons. The summed E-state index contributed by atoms with van der Waals surface area (Å²) in [5.41, 5.74) is 1.17. The minimum atomic E-state index is -0.350. The van der Waals surface area contributed by atoms with Crippen LogP contribution in [0.15, 0.2) is 33.2 Å². The zero-order valence-electron chi connectivity index (χ0n) is 10.7. The van der Waals surface area contributed by atoms with Crippen LogP contribution in [0.1, 0.15) is 18.9 Å². The molecule has 98 valence electrons. The lowest BCUT2D eigenvalue weighted by molar-refractivity contribution is -0.136. The molecule has 0 saturated heterocycles. The van der Waals surface area contributed by atoms with Crippen LogP contribution in [-0.2, 0) is 16.1 Å². The van der Waals surface area contributed by atoms with Crippen LogP contribution < -0.4 is 5.56 Å². The van der Waals surface area contributed by atoms with Crippen molar-refractivity contribution >= 4 is 21.9 Å². The Labute approximate surface area is 114 Å². The molecular weight excluding hydrogens is 298 g/mol. The molecule has 0 saturated carbocycles. The molecule has 0 aromatic carbocycles. The monoisotopic (exact) mass is 313 g/mol. The van der Waals surface area contributed by atoms with Crippen LogP contribution in [0.2, 0.25) is 0 Å². The number of pyridine rings is 1. The van der Waals surface area contributed by atoms with Crippen molar-refractivity contribution in [3.8, 4) is 0 Å². The standard InChI is InChI=1S/C13H16BrNO3/c1-4-10(13(17)18-3)5-6-15-8-11(14)7-9(2)12(15)16/h5,7-8H,4,6H2,1-3H3/b10-5-. The summed E-state index contributed by atoms with van der Waals surface area (Å²) in [4.78, 5) is 23.3. The molecule has 1 aromatic rings. The van der Waals surface area contributed by atoms with Crippen molar-refractivity contribution in [2.45, 2.75) is 26.8 Å². The number of ether oxygens (including phenoxy) is 1. The number of rotatable bonds is 4. The molecule has 0 aliphatic carbocycles. The molecule has 1 aromatic heterocycles. The second-order valence-electron chi connectivity index (χ2n) is 3.87. The van der Waals surface area contributed by atoms with E-state index in [1.54, 1.807) is 29.8 Å².